The summed E-state index contributed by atoms with van der Waals surface area (Å²) >= 11 is 5.31. The van der Waals surface area contributed by atoms with Gasteiger partial charge in [0.1, 0.15) is 0 Å². The van der Waals surface area contributed by atoms with E-state index in [-0.39, 0.29) is 5.41 Å². The Kier molecular flexibility index (Phi) is 3.98. The molecule has 3 unspecified atom stereocenters. The van der Waals surface area contributed by atoms with E-state index in [1.165, 1.54) is 8.66 Å². The summed E-state index contributed by atoms with van der Waals surface area (Å²) in [6.45, 7) is 6.78. The summed E-state index contributed by atoms with van der Waals surface area (Å²) in [5, 5.41) is 3.71. The van der Waals surface area contributed by atoms with Gasteiger partial charge in [-0.3, -0.25) is 0 Å². The zero-order chi connectivity index (χ0) is 12.6. The van der Waals surface area contributed by atoms with Crippen molar-refractivity contribution < 1.29 is 4.74 Å². The number of nitrogens with one attached hydrogen (secondary N) is 1. The van der Waals surface area contributed by atoms with Crippen molar-refractivity contribution in [2.45, 2.75) is 45.4 Å². The average Bonchev–Trinajstić information content (AvgIpc) is 2.70. The Morgan fingerprint density at radius 2 is 2.24 bits per heavy atom. The highest BCUT2D eigenvalue weighted by Crippen LogP contribution is 2.43. The molecule has 3 atom stereocenters. The molecule has 0 amide bonds. The number of hydrogen-bond donors (Lipinski definition) is 1. The zero-order valence-corrected chi connectivity index (χ0v) is 13.2. The molecule has 1 aliphatic carbocycles. The van der Waals surface area contributed by atoms with Crippen molar-refractivity contribution in [1.82, 2.24) is 5.32 Å². The van der Waals surface area contributed by atoms with Crippen LogP contribution in [0.25, 0.3) is 0 Å². The fourth-order valence-electron chi connectivity index (χ4n) is 2.51. The molecule has 2 nitrogen and oxygen atoms in total. The van der Waals surface area contributed by atoms with Gasteiger partial charge in [0.15, 0.2) is 0 Å². The maximum absolute atomic E-state index is 5.48. The molecule has 1 fully saturated rings. The molecule has 0 bridgehead atoms. The van der Waals surface area contributed by atoms with E-state index in [9.17, 15) is 0 Å². The molecule has 0 spiro atoms. The molecule has 1 aromatic heterocycles. The van der Waals surface area contributed by atoms with Crippen LogP contribution in [0.1, 0.15) is 38.1 Å². The molecule has 96 valence electrons. The third-order valence-corrected chi connectivity index (χ3v) is 5.74. The van der Waals surface area contributed by atoms with E-state index in [2.05, 4.69) is 54.2 Å². The van der Waals surface area contributed by atoms with Crippen molar-refractivity contribution in [3.05, 3.63) is 20.8 Å². The van der Waals surface area contributed by atoms with Crippen LogP contribution in [0.2, 0.25) is 0 Å². The van der Waals surface area contributed by atoms with Gasteiger partial charge in [-0.1, -0.05) is 13.8 Å². The van der Waals surface area contributed by atoms with Gasteiger partial charge in [0.25, 0.3) is 0 Å². The smallest absolute Gasteiger partial charge is 0.0701 e. The fourth-order valence-corrected chi connectivity index (χ4v) is 3.95. The van der Waals surface area contributed by atoms with Crippen molar-refractivity contribution in [2.24, 2.45) is 5.41 Å². The van der Waals surface area contributed by atoms with Crippen LogP contribution in [0.15, 0.2) is 15.9 Å². The predicted molar refractivity (Wildman–Crippen MR) is 76.6 cm³/mol. The lowest BCUT2D eigenvalue weighted by molar-refractivity contribution is -0.0998. The van der Waals surface area contributed by atoms with Crippen LogP contribution < -0.4 is 5.32 Å². The molecular formula is C13H20BrNOS. The van der Waals surface area contributed by atoms with Crippen LogP contribution in [-0.4, -0.2) is 19.3 Å². The molecule has 1 aromatic rings. The first kappa shape index (κ1) is 13.5. The minimum Gasteiger partial charge on any atom is -0.381 e. The lowest BCUT2D eigenvalue weighted by Crippen LogP contribution is -2.60. The molecule has 1 saturated carbocycles. The molecule has 4 heteroatoms. The van der Waals surface area contributed by atoms with Gasteiger partial charge in [0.2, 0.25) is 0 Å². The van der Waals surface area contributed by atoms with Crippen molar-refractivity contribution in [1.29, 1.82) is 0 Å². The Bertz CT molecular complexity index is 391. The van der Waals surface area contributed by atoms with Crippen LogP contribution in [-0.2, 0) is 4.74 Å². The summed E-state index contributed by atoms with van der Waals surface area (Å²) in [5.74, 6) is 0. The monoisotopic (exact) mass is 317 g/mol. The quantitative estimate of drug-likeness (QED) is 0.907. The molecule has 0 aliphatic heterocycles. The van der Waals surface area contributed by atoms with Gasteiger partial charge >= 0.3 is 0 Å². The van der Waals surface area contributed by atoms with Crippen LogP contribution in [0.5, 0.6) is 0 Å². The average molecular weight is 318 g/mol. The van der Waals surface area contributed by atoms with E-state index >= 15 is 0 Å². The largest absolute Gasteiger partial charge is 0.381 e. The van der Waals surface area contributed by atoms with Crippen LogP contribution >= 0.6 is 27.3 Å². The second kappa shape index (κ2) is 5.00. The SMILES string of the molecule is COC1CC(NC(C)c2ccc(Br)s2)C1(C)C. The lowest BCUT2D eigenvalue weighted by atomic mass is 9.64. The first-order valence-corrected chi connectivity index (χ1v) is 7.60. The topological polar surface area (TPSA) is 21.3 Å². The van der Waals surface area contributed by atoms with Gasteiger partial charge in [-0.15, -0.1) is 11.3 Å². The number of thiophene rings is 1. The van der Waals surface area contributed by atoms with Gasteiger partial charge in [-0.25, -0.2) is 0 Å². The maximum Gasteiger partial charge on any atom is 0.0701 e. The summed E-state index contributed by atoms with van der Waals surface area (Å²) in [5.41, 5.74) is 0.234. The minimum absolute atomic E-state index is 0.234. The summed E-state index contributed by atoms with van der Waals surface area (Å²) in [7, 11) is 1.81. The Morgan fingerprint density at radius 3 is 2.71 bits per heavy atom. The Balaban J connectivity index is 1.95. The second-order valence-electron chi connectivity index (χ2n) is 5.36. The molecule has 2 rings (SSSR count). The molecule has 0 radical (unpaired) electrons. The minimum atomic E-state index is 0.234. The number of hydrogen-bond acceptors (Lipinski definition) is 3. The van der Waals surface area contributed by atoms with E-state index in [0.29, 0.717) is 18.2 Å². The molecule has 17 heavy (non-hydrogen) atoms. The van der Waals surface area contributed by atoms with E-state index in [1.54, 1.807) is 11.3 Å². The highest BCUT2D eigenvalue weighted by molar-refractivity contribution is 9.11. The van der Waals surface area contributed by atoms with Gasteiger partial charge in [0.05, 0.1) is 9.89 Å². The van der Waals surface area contributed by atoms with E-state index < -0.39 is 0 Å². The second-order valence-corrected chi connectivity index (χ2v) is 7.86. The normalized spacial score (nSPS) is 28.8. The summed E-state index contributed by atoms with van der Waals surface area (Å²) in [6.07, 6.45) is 1.50. The van der Waals surface area contributed by atoms with Crippen molar-refractivity contribution >= 4 is 27.3 Å². The van der Waals surface area contributed by atoms with E-state index in [1.807, 2.05) is 7.11 Å². The predicted octanol–water partition coefficient (Wildman–Crippen LogP) is 3.97. The van der Waals surface area contributed by atoms with Gasteiger partial charge < -0.3 is 10.1 Å². The standard InChI is InChI=1S/C13H20BrNOS/c1-8(9-5-6-12(14)17-9)15-10-7-11(16-4)13(10,2)3/h5-6,8,10-11,15H,7H2,1-4H3. The summed E-state index contributed by atoms with van der Waals surface area (Å²) in [6, 6.07) is 5.25. The molecule has 0 aromatic carbocycles. The third-order valence-electron chi connectivity index (χ3n) is 3.93. The van der Waals surface area contributed by atoms with Crippen molar-refractivity contribution in [3.63, 3.8) is 0 Å². The highest BCUT2D eigenvalue weighted by atomic mass is 79.9. The van der Waals surface area contributed by atoms with E-state index in [0.717, 1.165) is 6.42 Å². The Morgan fingerprint density at radius 1 is 1.53 bits per heavy atom. The number of methoxy groups -OCH3 is 1. The van der Waals surface area contributed by atoms with Crippen LogP contribution in [0, 0.1) is 5.41 Å². The number of ether oxygens (including phenoxy) is 1. The summed E-state index contributed by atoms with van der Waals surface area (Å²) in [4.78, 5) is 1.38. The van der Waals surface area contributed by atoms with Crippen LogP contribution in [0.3, 0.4) is 0 Å². The first-order chi connectivity index (χ1) is 7.95. The van der Waals surface area contributed by atoms with Gasteiger partial charge in [-0.2, -0.15) is 0 Å². The maximum atomic E-state index is 5.48. The van der Waals surface area contributed by atoms with Gasteiger partial charge in [0, 0.05) is 29.5 Å². The summed E-state index contributed by atoms with van der Waals surface area (Å²) < 4.78 is 6.68. The molecule has 0 saturated heterocycles. The van der Waals surface area contributed by atoms with Crippen LogP contribution in [0.4, 0.5) is 0 Å². The Hall–Kier alpha value is 0.1000. The highest BCUT2D eigenvalue weighted by Gasteiger charge is 2.48. The molecule has 1 N–H and O–H groups in total. The number of rotatable bonds is 4. The zero-order valence-electron chi connectivity index (χ0n) is 10.8. The number of halogens is 1. The molecule has 1 heterocycles. The molecular weight excluding hydrogens is 298 g/mol. The van der Waals surface area contributed by atoms with Crippen molar-refractivity contribution in [2.75, 3.05) is 7.11 Å². The van der Waals surface area contributed by atoms with Crippen molar-refractivity contribution in [3.8, 4) is 0 Å². The fraction of sp³-hybridized carbons (Fsp3) is 0.692. The lowest BCUT2D eigenvalue weighted by Gasteiger charge is -2.52. The first-order valence-electron chi connectivity index (χ1n) is 5.99. The van der Waals surface area contributed by atoms with E-state index in [4.69, 9.17) is 4.74 Å². The molecule has 1 aliphatic rings. The Labute approximate surface area is 116 Å². The third kappa shape index (κ3) is 2.60. The van der Waals surface area contributed by atoms with Gasteiger partial charge in [-0.05, 0) is 41.4 Å².